The van der Waals surface area contributed by atoms with E-state index in [9.17, 15) is 19.0 Å². The van der Waals surface area contributed by atoms with Crippen LogP contribution in [0, 0.1) is 0 Å². The fourth-order valence-corrected chi connectivity index (χ4v) is 6.55. The molecule has 0 saturated carbocycles. The molecule has 0 aliphatic heterocycles. The van der Waals surface area contributed by atoms with Gasteiger partial charge < -0.3 is 20.1 Å². The highest BCUT2D eigenvalue weighted by atomic mass is 31.2. The van der Waals surface area contributed by atoms with Crippen LogP contribution in [0.3, 0.4) is 0 Å². The van der Waals surface area contributed by atoms with E-state index in [-0.39, 0.29) is 32.6 Å². The number of unbranched alkanes of at least 4 members (excludes halogenated alkanes) is 16. The van der Waals surface area contributed by atoms with Gasteiger partial charge in [-0.25, -0.2) is 4.57 Å². The number of carbonyl (C=O) groups excluding carboxylic acids is 2. The number of phosphoric ester groups is 1. The van der Waals surface area contributed by atoms with Crippen molar-refractivity contribution < 1.29 is 37.6 Å². The maximum atomic E-state index is 12.6. The van der Waals surface area contributed by atoms with Crippen molar-refractivity contribution in [2.75, 3.05) is 26.4 Å². The third-order valence-corrected chi connectivity index (χ3v) is 10.1. The summed E-state index contributed by atoms with van der Waals surface area (Å²) in [5, 5.41) is 0. The van der Waals surface area contributed by atoms with Crippen LogP contribution in [-0.4, -0.2) is 49.3 Å². The number of phosphoric acid groups is 1. The Balaban J connectivity index is 4.22. The molecular formula is C47H82NO8P. The molecule has 0 aliphatic rings. The largest absolute Gasteiger partial charge is 0.472 e. The molecule has 0 rings (SSSR count). The van der Waals surface area contributed by atoms with Gasteiger partial charge in [-0.3, -0.25) is 18.6 Å². The Morgan fingerprint density at radius 2 is 0.982 bits per heavy atom. The molecule has 57 heavy (non-hydrogen) atoms. The lowest BCUT2D eigenvalue weighted by Gasteiger charge is -2.19. The molecule has 0 bridgehead atoms. The lowest BCUT2D eigenvalue weighted by molar-refractivity contribution is -0.161. The summed E-state index contributed by atoms with van der Waals surface area (Å²) in [6.45, 7) is 3.54. The molecule has 0 amide bonds. The van der Waals surface area contributed by atoms with E-state index < -0.39 is 32.5 Å². The van der Waals surface area contributed by atoms with Crippen molar-refractivity contribution in [3.05, 3.63) is 72.9 Å². The van der Waals surface area contributed by atoms with Crippen LogP contribution >= 0.6 is 7.82 Å². The zero-order chi connectivity index (χ0) is 41.8. The predicted molar refractivity (Wildman–Crippen MR) is 238 cm³/mol. The highest BCUT2D eigenvalue weighted by molar-refractivity contribution is 7.47. The van der Waals surface area contributed by atoms with Gasteiger partial charge >= 0.3 is 19.8 Å². The van der Waals surface area contributed by atoms with Gasteiger partial charge in [-0.1, -0.05) is 164 Å². The van der Waals surface area contributed by atoms with E-state index in [2.05, 4.69) is 80.7 Å². The Bertz CT molecular complexity index is 1160. The van der Waals surface area contributed by atoms with Crippen molar-refractivity contribution in [1.82, 2.24) is 0 Å². The van der Waals surface area contributed by atoms with Gasteiger partial charge in [0.25, 0.3) is 0 Å². The summed E-state index contributed by atoms with van der Waals surface area (Å²) in [5.41, 5.74) is 5.35. The number of rotatable bonds is 41. The van der Waals surface area contributed by atoms with Crippen LogP contribution in [-0.2, 0) is 32.7 Å². The minimum absolute atomic E-state index is 0.0410. The Hall–Kier alpha value is -2.55. The second-order valence-corrected chi connectivity index (χ2v) is 16.0. The third-order valence-electron chi connectivity index (χ3n) is 9.08. The zero-order valence-electron chi connectivity index (χ0n) is 36.0. The molecule has 1 unspecified atom stereocenters. The van der Waals surface area contributed by atoms with E-state index in [1.807, 2.05) is 6.08 Å². The van der Waals surface area contributed by atoms with Crippen molar-refractivity contribution >= 4 is 19.8 Å². The molecule has 0 heterocycles. The summed E-state index contributed by atoms with van der Waals surface area (Å²) in [6.07, 6.45) is 52.3. The Labute approximate surface area is 348 Å². The van der Waals surface area contributed by atoms with Gasteiger partial charge in [-0.2, -0.15) is 0 Å². The lowest BCUT2D eigenvalue weighted by atomic mass is 10.1. The summed E-state index contributed by atoms with van der Waals surface area (Å²) in [7, 11) is -4.40. The van der Waals surface area contributed by atoms with Crippen LogP contribution in [0.2, 0.25) is 0 Å². The predicted octanol–water partition coefficient (Wildman–Crippen LogP) is 13.1. The van der Waals surface area contributed by atoms with Gasteiger partial charge in [-0.05, 0) is 77.0 Å². The van der Waals surface area contributed by atoms with Crippen molar-refractivity contribution in [3.63, 3.8) is 0 Å². The number of ether oxygens (including phenoxy) is 2. The van der Waals surface area contributed by atoms with Crippen LogP contribution in [0.5, 0.6) is 0 Å². The summed E-state index contributed by atoms with van der Waals surface area (Å²) in [4.78, 5) is 34.9. The first-order chi connectivity index (χ1) is 27.8. The summed E-state index contributed by atoms with van der Waals surface area (Å²) >= 11 is 0. The highest BCUT2D eigenvalue weighted by Gasteiger charge is 2.25. The first kappa shape index (κ1) is 54.5. The van der Waals surface area contributed by atoms with Gasteiger partial charge in [0.1, 0.15) is 6.61 Å². The van der Waals surface area contributed by atoms with Crippen LogP contribution < -0.4 is 5.73 Å². The van der Waals surface area contributed by atoms with E-state index in [0.29, 0.717) is 12.8 Å². The SMILES string of the molecule is CCC=CCC=CCC=CCC=CCC=CCCCC(=O)O[C@H](COC(=O)CCCCCCCCCCCC=CCCCCCCCC)COP(=O)(O)OCCN. The monoisotopic (exact) mass is 820 g/mol. The average molecular weight is 820 g/mol. The lowest BCUT2D eigenvalue weighted by Crippen LogP contribution is -2.29. The number of nitrogens with two attached hydrogens (primary N) is 1. The molecule has 0 aromatic rings. The van der Waals surface area contributed by atoms with Crippen molar-refractivity contribution in [2.45, 2.75) is 187 Å². The van der Waals surface area contributed by atoms with E-state index in [1.165, 1.54) is 83.5 Å². The number of esters is 2. The molecule has 0 spiro atoms. The molecule has 0 aromatic heterocycles. The number of hydrogen-bond acceptors (Lipinski definition) is 8. The van der Waals surface area contributed by atoms with Crippen LogP contribution in [0.15, 0.2) is 72.9 Å². The Kier molecular flexibility index (Phi) is 41.1. The van der Waals surface area contributed by atoms with Gasteiger partial charge in [0.05, 0.1) is 13.2 Å². The van der Waals surface area contributed by atoms with Gasteiger partial charge in [0, 0.05) is 19.4 Å². The minimum atomic E-state index is -4.40. The summed E-state index contributed by atoms with van der Waals surface area (Å²) in [6, 6.07) is 0. The number of allylic oxidation sites excluding steroid dienone is 12. The number of carbonyl (C=O) groups is 2. The maximum Gasteiger partial charge on any atom is 0.472 e. The molecule has 328 valence electrons. The molecule has 3 N–H and O–H groups in total. The zero-order valence-corrected chi connectivity index (χ0v) is 36.9. The standard InChI is InChI=1S/C47H82NO8P/c1-3-5-7-9-11-13-15-17-19-21-22-24-25-27-29-31-33-35-37-39-46(49)53-43-45(44-55-57(51,52)54-42-41-48)56-47(50)40-38-36-34-32-30-28-26-23-20-18-16-14-12-10-8-6-4-2/h6,8,12,14,17-20,26,28,32,34,45H,3-5,7,9-11,13,15-16,21-25,27,29-31,33,35-44,48H2,1-2H3,(H,51,52)/t45-/m1/s1. The maximum absolute atomic E-state index is 12.6. The van der Waals surface area contributed by atoms with Gasteiger partial charge in [0.15, 0.2) is 6.10 Å². The summed E-state index contributed by atoms with van der Waals surface area (Å²) < 4.78 is 32.7. The Morgan fingerprint density at radius 3 is 1.51 bits per heavy atom. The highest BCUT2D eigenvalue weighted by Crippen LogP contribution is 2.43. The summed E-state index contributed by atoms with van der Waals surface area (Å²) in [5.74, 6) is -0.902. The average Bonchev–Trinajstić information content (AvgIpc) is 3.20. The first-order valence-corrected chi connectivity index (χ1v) is 23.9. The van der Waals surface area contributed by atoms with E-state index in [0.717, 1.165) is 57.8 Å². The minimum Gasteiger partial charge on any atom is -0.462 e. The molecule has 0 aromatic carbocycles. The molecule has 0 radical (unpaired) electrons. The van der Waals surface area contributed by atoms with Crippen molar-refractivity contribution in [2.24, 2.45) is 5.73 Å². The van der Waals surface area contributed by atoms with Gasteiger partial charge in [-0.15, -0.1) is 0 Å². The second-order valence-electron chi connectivity index (χ2n) is 14.5. The van der Waals surface area contributed by atoms with E-state index >= 15 is 0 Å². The smallest absolute Gasteiger partial charge is 0.462 e. The van der Waals surface area contributed by atoms with Crippen molar-refractivity contribution in [1.29, 1.82) is 0 Å². The normalized spacial score (nSPS) is 14.0. The fraction of sp³-hybridized carbons (Fsp3) is 0.702. The van der Waals surface area contributed by atoms with Crippen LogP contribution in [0.1, 0.15) is 181 Å². The molecule has 0 aliphatic carbocycles. The van der Waals surface area contributed by atoms with Crippen LogP contribution in [0.4, 0.5) is 0 Å². The second kappa shape index (κ2) is 43.0. The molecule has 0 saturated heterocycles. The van der Waals surface area contributed by atoms with E-state index in [4.69, 9.17) is 24.3 Å². The van der Waals surface area contributed by atoms with Crippen molar-refractivity contribution in [3.8, 4) is 0 Å². The molecule has 2 atom stereocenters. The van der Waals surface area contributed by atoms with E-state index in [1.54, 1.807) is 0 Å². The molecule has 0 fully saturated rings. The molecule has 10 heteroatoms. The topological polar surface area (TPSA) is 134 Å². The number of hydrogen-bond donors (Lipinski definition) is 2. The Morgan fingerprint density at radius 1 is 0.544 bits per heavy atom. The van der Waals surface area contributed by atoms with Gasteiger partial charge in [0.2, 0.25) is 0 Å². The fourth-order valence-electron chi connectivity index (χ4n) is 5.78. The molecule has 9 nitrogen and oxygen atoms in total. The first-order valence-electron chi connectivity index (χ1n) is 22.4. The molecular weight excluding hydrogens is 737 g/mol. The van der Waals surface area contributed by atoms with Crippen LogP contribution in [0.25, 0.3) is 0 Å². The third kappa shape index (κ3) is 42.9. The quantitative estimate of drug-likeness (QED) is 0.0267.